The normalized spacial score (nSPS) is 13.1. The number of thiophene rings is 1. The van der Waals surface area contributed by atoms with Crippen molar-refractivity contribution in [2.24, 2.45) is 0 Å². The molecule has 0 spiro atoms. The summed E-state index contributed by atoms with van der Waals surface area (Å²) in [5.41, 5.74) is 3.93. The Labute approximate surface area is 167 Å². The number of benzene rings is 1. The zero-order chi connectivity index (χ0) is 19.5. The third kappa shape index (κ3) is 3.82. The van der Waals surface area contributed by atoms with E-state index in [2.05, 4.69) is 11.1 Å². The van der Waals surface area contributed by atoms with Crippen LogP contribution in [0, 0.1) is 6.92 Å². The second kappa shape index (κ2) is 7.94. The van der Waals surface area contributed by atoms with E-state index in [0.29, 0.717) is 24.3 Å². The Morgan fingerprint density at radius 3 is 2.75 bits per heavy atom. The van der Waals surface area contributed by atoms with Gasteiger partial charge in [-0.3, -0.25) is 9.78 Å². The first-order valence-electron chi connectivity index (χ1n) is 9.15. The van der Waals surface area contributed by atoms with Crippen LogP contribution < -0.4 is 0 Å². The first-order valence-corrected chi connectivity index (χ1v) is 10.0. The Bertz CT molecular complexity index is 1010. The minimum Gasteiger partial charge on any atom is -0.452 e. The van der Waals surface area contributed by atoms with Crippen LogP contribution in [0.25, 0.3) is 11.3 Å². The lowest BCUT2D eigenvalue weighted by Gasteiger charge is -2.26. The highest BCUT2D eigenvalue weighted by molar-refractivity contribution is 7.10. The maximum atomic E-state index is 12.4. The van der Waals surface area contributed by atoms with E-state index < -0.39 is 5.97 Å². The van der Waals surface area contributed by atoms with Crippen LogP contribution in [0.15, 0.2) is 53.9 Å². The lowest BCUT2D eigenvalue weighted by Crippen LogP contribution is -2.38. The molecular formula is C22H20N2O3S. The first kappa shape index (κ1) is 18.4. The van der Waals surface area contributed by atoms with Crippen LogP contribution >= 0.6 is 11.3 Å². The molecule has 0 saturated heterocycles. The number of aromatic nitrogens is 1. The largest absolute Gasteiger partial charge is 0.452 e. The van der Waals surface area contributed by atoms with Crippen molar-refractivity contribution in [3.05, 3.63) is 75.6 Å². The van der Waals surface area contributed by atoms with Crippen LogP contribution in [0.5, 0.6) is 0 Å². The van der Waals surface area contributed by atoms with E-state index in [9.17, 15) is 9.59 Å². The Kier molecular flexibility index (Phi) is 5.21. The maximum Gasteiger partial charge on any atom is 0.340 e. The number of carbonyl (C=O) groups is 2. The summed E-state index contributed by atoms with van der Waals surface area (Å²) in [5, 5.41) is 2.05. The van der Waals surface area contributed by atoms with E-state index >= 15 is 0 Å². The summed E-state index contributed by atoms with van der Waals surface area (Å²) in [6.45, 7) is 2.77. The lowest BCUT2D eigenvalue weighted by atomic mass is 10.1. The van der Waals surface area contributed by atoms with Gasteiger partial charge in [0, 0.05) is 23.5 Å². The smallest absolute Gasteiger partial charge is 0.340 e. The number of pyridine rings is 1. The summed E-state index contributed by atoms with van der Waals surface area (Å²) in [7, 11) is 0. The van der Waals surface area contributed by atoms with Gasteiger partial charge in [0.2, 0.25) is 0 Å². The van der Waals surface area contributed by atoms with Gasteiger partial charge in [0.25, 0.3) is 5.91 Å². The van der Waals surface area contributed by atoms with Gasteiger partial charge >= 0.3 is 5.97 Å². The number of amides is 1. The molecule has 0 fully saturated rings. The van der Waals surface area contributed by atoms with Gasteiger partial charge in [-0.1, -0.05) is 30.3 Å². The summed E-state index contributed by atoms with van der Waals surface area (Å²) >= 11 is 1.73. The zero-order valence-corrected chi connectivity index (χ0v) is 16.4. The summed E-state index contributed by atoms with van der Waals surface area (Å²) in [4.78, 5) is 32.4. The van der Waals surface area contributed by atoms with Crippen LogP contribution in [0.4, 0.5) is 0 Å². The third-order valence-electron chi connectivity index (χ3n) is 4.86. The third-order valence-corrected chi connectivity index (χ3v) is 5.89. The molecule has 2 aromatic heterocycles. The molecule has 0 bridgehead atoms. The van der Waals surface area contributed by atoms with Crippen molar-refractivity contribution in [2.75, 3.05) is 13.2 Å². The molecule has 1 aromatic carbocycles. The van der Waals surface area contributed by atoms with Gasteiger partial charge in [-0.15, -0.1) is 11.3 Å². The number of esters is 1. The van der Waals surface area contributed by atoms with Crippen LogP contribution in [-0.2, 0) is 22.5 Å². The monoisotopic (exact) mass is 392 g/mol. The summed E-state index contributed by atoms with van der Waals surface area (Å²) in [6, 6.07) is 15.3. The standard InChI is InChI=1S/C22H20N2O3S/c1-15-18(7-8-19(23-15)16-5-3-2-4-6-16)22(26)27-14-21(25)24-11-9-20-17(13-24)10-12-28-20/h2-8,10,12H,9,11,13-14H2,1H3. The van der Waals surface area contributed by atoms with E-state index in [-0.39, 0.29) is 12.5 Å². The molecule has 5 nitrogen and oxygen atoms in total. The van der Waals surface area contributed by atoms with Crippen LogP contribution in [0.2, 0.25) is 0 Å². The predicted molar refractivity (Wildman–Crippen MR) is 108 cm³/mol. The van der Waals surface area contributed by atoms with Gasteiger partial charge in [-0.2, -0.15) is 0 Å². The number of rotatable bonds is 4. The van der Waals surface area contributed by atoms with Crippen LogP contribution in [-0.4, -0.2) is 34.9 Å². The zero-order valence-electron chi connectivity index (χ0n) is 15.6. The van der Waals surface area contributed by atoms with E-state index in [1.165, 1.54) is 10.4 Å². The molecule has 3 heterocycles. The fraction of sp³-hybridized carbons (Fsp3) is 0.227. The van der Waals surface area contributed by atoms with Crippen molar-refractivity contribution in [3.63, 3.8) is 0 Å². The van der Waals surface area contributed by atoms with Gasteiger partial charge in [-0.25, -0.2) is 4.79 Å². The average molecular weight is 392 g/mol. The fourth-order valence-electron chi connectivity index (χ4n) is 3.30. The molecular weight excluding hydrogens is 372 g/mol. The number of fused-ring (bicyclic) bond motifs is 1. The molecule has 0 radical (unpaired) electrons. The van der Waals surface area contributed by atoms with Crippen molar-refractivity contribution in [1.82, 2.24) is 9.88 Å². The van der Waals surface area contributed by atoms with Gasteiger partial charge < -0.3 is 9.64 Å². The highest BCUT2D eigenvalue weighted by atomic mass is 32.1. The van der Waals surface area contributed by atoms with E-state index in [4.69, 9.17) is 4.74 Å². The number of carbonyl (C=O) groups excluding carboxylic acids is 2. The minimum absolute atomic E-state index is 0.170. The second-order valence-corrected chi connectivity index (χ2v) is 7.71. The molecule has 0 saturated carbocycles. The van der Waals surface area contributed by atoms with Crippen molar-refractivity contribution >= 4 is 23.2 Å². The maximum absolute atomic E-state index is 12.4. The Balaban J connectivity index is 1.38. The van der Waals surface area contributed by atoms with E-state index in [1.807, 2.05) is 35.7 Å². The highest BCUT2D eigenvalue weighted by Crippen LogP contribution is 2.24. The molecule has 0 atom stereocenters. The molecule has 4 rings (SSSR count). The number of hydrogen-bond acceptors (Lipinski definition) is 5. The topological polar surface area (TPSA) is 59.5 Å². The SMILES string of the molecule is Cc1nc(-c2ccccc2)ccc1C(=O)OCC(=O)N1CCc2sccc2C1. The van der Waals surface area contributed by atoms with Crippen molar-refractivity contribution in [3.8, 4) is 11.3 Å². The van der Waals surface area contributed by atoms with Crippen molar-refractivity contribution < 1.29 is 14.3 Å². The molecule has 0 aliphatic carbocycles. The van der Waals surface area contributed by atoms with Crippen LogP contribution in [0.3, 0.4) is 0 Å². The van der Waals surface area contributed by atoms with E-state index in [1.54, 1.807) is 35.3 Å². The first-order chi connectivity index (χ1) is 13.6. The molecule has 28 heavy (non-hydrogen) atoms. The summed E-state index contributed by atoms with van der Waals surface area (Å²) in [5.74, 6) is -0.692. The number of aryl methyl sites for hydroxylation is 1. The summed E-state index contributed by atoms with van der Waals surface area (Å²) in [6.07, 6.45) is 0.858. The quantitative estimate of drug-likeness (QED) is 0.633. The Morgan fingerprint density at radius 2 is 1.96 bits per heavy atom. The Hall–Kier alpha value is -2.99. The fourth-order valence-corrected chi connectivity index (χ4v) is 4.19. The second-order valence-electron chi connectivity index (χ2n) is 6.71. The number of hydrogen-bond donors (Lipinski definition) is 0. The lowest BCUT2D eigenvalue weighted by molar-refractivity contribution is -0.135. The molecule has 3 aromatic rings. The predicted octanol–water partition coefficient (Wildman–Crippen LogP) is 3.86. The van der Waals surface area contributed by atoms with Crippen molar-refractivity contribution in [2.45, 2.75) is 19.9 Å². The number of ether oxygens (including phenoxy) is 1. The van der Waals surface area contributed by atoms with Crippen molar-refractivity contribution in [1.29, 1.82) is 0 Å². The molecule has 1 aliphatic heterocycles. The van der Waals surface area contributed by atoms with Gasteiger partial charge in [-0.05, 0) is 42.5 Å². The summed E-state index contributed by atoms with van der Waals surface area (Å²) < 4.78 is 5.27. The molecule has 1 amide bonds. The van der Waals surface area contributed by atoms with Gasteiger partial charge in [0.05, 0.1) is 17.0 Å². The molecule has 0 unspecified atom stereocenters. The minimum atomic E-state index is -0.522. The van der Waals surface area contributed by atoms with E-state index in [0.717, 1.165) is 17.7 Å². The highest BCUT2D eigenvalue weighted by Gasteiger charge is 2.23. The Morgan fingerprint density at radius 1 is 1.14 bits per heavy atom. The molecule has 1 aliphatic rings. The van der Waals surface area contributed by atoms with Gasteiger partial charge in [0.15, 0.2) is 6.61 Å². The van der Waals surface area contributed by atoms with Crippen LogP contribution in [0.1, 0.15) is 26.5 Å². The molecule has 142 valence electrons. The van der Waals surface area contributed by atoms with Gasteiger partial charge in [0.1, 0.15) is 0 Å². The number of nitrogens with zero attached hydrogens (tertiary/aromatic N) is 2. The molecule has 0 N–H and O–H groups in total. The average Bonchev–Trinajstić information content (AvgIpc) is 3.20. The molecule has 6 heteroatoms.